The number of aliphatic hydroxyl groups is 1. The van der Waals surface area contributed by atoms with E-state index in [9.17, 15) is 13.5 Å². The molecule has 0 bridgehead atoms. The van der Waals surface area contributed by atoms with E-state index in [1.54, 1.807) is 6.92 Å². The summed E-state index contributed by atoms with van der Waals surface area (Å²) < 4.78 is 28.9. The highest BCUT2D eigenvalue weighted by Gasteiger charge is 2.29. The summed E-state index contributed by atoms with van der Waals surface area (Å²) in [6.07, 6.45) is 0.826. The molecule has 0 saturated carbocycles. The van der Waals surface area contributed by atoms with Gasteiger partial charge >= 0.3 is 0 Å². The Balaban J connectivity index is 2.55. The van der Waals surface area contributed by atoms with Crippen molar-refractivity contribution in [2.75, 3.05) is 19.0 Å². The molecule has 1 aliphatic heterocycles. The molecule has 1 fully saturated rings. The SMILES string of the molecule is CC(O)C(C)S(=O)(=O)CC1CCOCC1. The Hall–Kier alpha value is -0.130. The van der Waals surface area contributed by atoms with Crippen molar-refractivity contribution in [1.82, 2.24) is 0 Å². The van der Waals surface area contributed by atoms with Crippen LogP contribution in [0.15, 0.2) is 0 Å². The zero-order chi connectivity index (χ0) is 11.5. The largest absolute Gasteiger partial charge is 0.392 e. The van der Waals surface area contributed by atoms with Gasteiger partial charge in [0.25, 0.3) is 0 Å². The Morgan fingerprint density at radius 2 is 1.87 bits per heavy atom. The van der Waals surface area contributed by atoms with Crippen molar-refractivity contribution in [2.24, 2.45) is 5.92 Å². The molecule has 0 spiro atoms. The molecule has 1 N–H and O–H groups in total. The zero-order valence-corrected chi connectivity index (χ0v) is 10.2. The Morgan fingerprint density at radius 1 is 1.33 bits per heavy atom. The molecule has 90 valence electrons. The lowest BCUT2D eigenvalue weighted by molar-refractivity contribution is 0.0722. The number of ether oxygens (including phenoxy) is 1. The lowest BCUT2D eigenvalue weighted by atomic mass is 10.0. The molecule has 1 heterocycles. The minimum atomic E-state index is -3.16. The van der Waals surface area contributed by atoms with Crippen LogP contribution in [0.3, 0.4) is 0 Å². The fraction of sp³-hybridized carbons (Fsp3) is 1.00. The van der Waals surface area contributed by atoms with E-state index in [4.69, 9.17) is 4.74 Å². The van der Waals surface area contributed by atoms with E-state index in [1.807, 2.05) is 0 Å². The lowest BCUT2D eigenvalue weighted by Gasteiger charge is -2.24. The van der Waals surface area contributed by atoms with Gasteiger partial charge in [0.2, 0.25) is 0 Å². The predicted molar refractivity (Wildman–Crippen MR) is 58.5 cm³/mol. The molecule has 15 heavy (non-hydrogen) atoms. The normalized spacial score (nSPS) is 23.7. The first-order chi connectivity index (χ1) is 6.93. The number of hydrogen-bond acceptors (Lipinski definition) is 4. The highest BCUT2D eigenvalue weighted by molar-refractivity contribution is 7.92. The van der Waals surface area contributed by atoms with Crippen molar-refractivity contribution in [3.05, 3.63) is 0 Å². The van der Waals surface area contributed by atoms with E-state index in [0.29, 0.717) is 13.2 Å². The number of sulfone groups is 1. The lowest BCUT2D eigenvalue weighted by Crippen LogP contribution is -2.34. The molecule has 1 rings (SSSR count). The van der Waals surface area contributed by atoms with Crippen molar-refractivity contribution in [2.45, 2.75) is 38.0 Å². The Kier molecular flexibility index (Phi) is 4.55. The molecule has 4 nitrogen and oxygen atoms in total. The molecule has 2 unspecified atom stereocenters. The van der Waals surface area contributed by atoms with Crippen LogP contribution >= 0.6 is 0 Å². The van der Waals surface area contributed by atoms with Gasteiger partial charge in [-0.1, -0.05) is 0 Å². The van der Waals surface area contributed by atoms with Crippen LogP contribution in [-0.4, -0.2) is 43.8 Å². The van der Waals surface area contributed by atoms with E-state index in [1.165, 1.54) is 6.92 Å². The standard InChI is InChI=1S/C10H20O4S/c1-8(11)9(2)15(12,13)7-10-3-5-14-6-4-10/h8-11H,3-7H2,1-2H3. The van der Waals surface area contributed by atoms with Gasteiger partial charge in [-0.2, -0.15) is 0 Å². The molecule has 0 aromatic rings. The molecule has 0 radical (unpaired) electrons. The number of hydrogen-bond donors (Lipinski definition) is 1. The third kappa shape index (κ3) is 3.74. The minimum Gasteiger partial charge on any atom is -0.392 e. The van der Waals surface area contributed by atoms with Crippen molar-refractivity contribution in [3.63, 3.8) is 0 Å². The summed E-state index contributed by atoms with van der Waals surface area (Å²) in [5.41, 5.74) is 0. The van der Waals surface area contributed by atoms with Gasteiger partial charge in [0, 0.05) is 13.2 Å². The molecule has 1 saturated heterocycles. The average molecular weight is 236 g/mol. The first kappa shape index (κ1) is 12.9. The Labute approximate surface area is 91.6 Å². The quantitative estimate of drug-likeness (QED) is 0.776. The van der Waals surface area contributed by atoms with E-state index in [2.05, 4.69) is 0 Å². The van der Waals surface area contributed by atoms with E-state index in [0.717, 1.165) is 12.8 Å². The van der Waals surface area contributed by atoms with Crippen LogP contribution in [0.1, 0.15) is 26.7 Å². The first-order valence-corrected chi connectivity index (χ1v) is 7.12. The molecular formula is C10H20O4S. The van der Waals surface area contributed by atoms with Crippen molar-refractivity contribution >= 4 is 9.84 Å². The van der Waals surface area contributed by atoms with E-state index < -0.39 is 21.2 Å². The summed E-state index contributed by atoms with van der Waals surface area (Å²) in [5, 5.41) is 8.62. The monoisotopic (exact) mass is 236 g/mol. The Bertz CT molecular complexity index is 278. The third-order valence-electron chi connectivity index (χ3n) is 3.05. The molecule has 1 aliphatic rings. The van der Waals surface area contributed by atoms with Gasteiger partial charge < -0.3 is 9.84 Å². The van der Waals surface area contributed by atoms with Gasteiger partial charge in [0.05, 0.1) is 17.1 Å². The summed E-state index contributed by atoms with van der Waals surface area (Å²) in [5.74, 6) is 0.382. The van der Waals surface area contributed by atoms with Gasteiger partial charge in [0.1, 0.15) is 0 Å². The van der Waals surface area contributed by atoms with Crippen molar-refractivity contribution in [3.8, 4) is 0 Å². The fourth-order valence-electron chi connectivity index (χ4n) is 1.69. The molecule has 0 aromatic carbocycles. The van der Waals surface area contributed by atoms with Crippen LogP contribution in [0.2, 0.25) is 0 Å². The predicted octanol–water partition coefficient (Wildman–Crippen LogP) is 0.597. The fourth-order valence-corrected chi connectivity index (χ4v) is 3.59. The van der Waals surface area contributed by atoms with Crippen LogP contribution in [0.25, 0.3) is 0 Å². The van der Waals surface area contributed by atoms with Gasteiger partial charge in [-0.05, 0) is 32.6 Å². The minimum absolute atomic E-state index is 0.183. The van der Waals surface area contributed by atoms with Crippen LogP contribution in [0.5, 0.6) is 0 Å². The first-order valence-electron chi connectivity index (χ1n) is 5.41. The highest BCUT2D eigenvalue weighted by atomic mass is 32.2. The molecule has 0 amide bonds. The summed E-state index contributed by atoms with van der Waals surface area (Å²) in [4.78, 5) is 0. The second kappa shape index (κ2) is 5.27. The summed E-state index contributed by atoms with van der Waals surface area (Å²) in [6.45, 7) is 4.40. The smallest absolute Gasteiger partial charge is 0.155 e. The molecule has 0 aliphatic carbocycles. The Morgan fingerprint density at radius 3 is 2.33 bits per heavy atom. The maximum Gasteiger partial charge on any atom is 0.155 e. The van der Waals surface area contributed by atoms with Crippen molar-refractivity contribution in [1.29, 1.82) is 0 Å². The zero-order valence-electron chi connectivity index (χ0n) is 9.35. The number of aliphatic hydroxyl groups excluding tert-OH is 1. The van der Waals surface area contributed by atoms with Crippen LogP contribution in [0.4, 0.5) is 0 Å². The third-order valence-corrected chi connectivity index (χ3v) is 5.52. The maximum absolute atomic E-state index is 11.8. The molecular weight excluding hydrogens is 216 g/mol. The maximum atomic E-state index is 11.8. The van der Waals surface area contributed by atoms with E-state index in [-0.39, 0.29) is 11.7 Å². The van der Waals surface area contributed by atoms with E-state index >= 15 is 0 Å². The van der Waals surface area contributed by atoms with Crippen molar-refractivity contribution < 1.29 is 18.3 Å². The summed E-state index contributed by atoms with van der Waals surface area (Å²) in [7, 11) is -3.16. The van der Waals surface area contributed by atoms with Gasteiger partial charge in [-0.15, -0.1) is 0 Å². The highest BCUT2D eigenvalue weighted by Crippen LogP contribution is 2.19. The van der Waals surface area contributed by atoms with Gasteiger partial charge in [0.15, 0.2) is 9.84 Å². The second-order valence-corrected chi connectivity index (χ2v) is 6.73. The average Bonchev–Trinajstić information content (AvgIpc) is 2.17. The molecule has 5 heteroatoms. The summed E-state index contributed by atoms with van der Waals surface area (Å²) >= 11 is 0. The second-order valence-electron chi connectivity index (χ2n) is 4.33. The molecule has 2 atom stereocenters. The van der Waals surface area contributed by atoms with Crippen LogP contribution in [0, 0.1) is 5.92 Å². The summed E-state index contributed by atoms with van der Waals surface area (Å²) in [6, 6.07) is 0. The van der Waals surface area contributed by atoms with Gasteiger partial charge in [-0.3, -0.25) is 0 Å². The van der Waals surface area contributed by atoms with Crippen LogP contribution in [-0.2, 0) is 14.6 Å². The topological polar surface area (TPSA) is 63.6 Å². The number of rotatable bonds is 4. The molecule has 0 aromatic heterocycles. The van der Waals surface area contributed by atoms with Crippen LogP contribution < -0.4 is 0 Å². The van der Waals surface area contributed by atoms with Gasteiger partial charge in [-0.25, -0.2) is 8.42 Å².